The van der Waals surface area contributed by atoms with E-state index in [-0.39, 0.29) is 18.3 Å². The van der Waals surface area contributed by atoms with E-state index in [2.05, 4.69) is 10.9 Å². The number of nitrogens with one attached hydrogen (secondary N) is 2. The molecule has 4 rings (SSSR count). The Bertz CT molecular complexity index is 1080. The summed E-state index contributed by atoms with van der Waals surface area (Å²) >= 11 is 0. The molecule has 8 nitrogen and oxygen atoms in total. The molecule has 1 aromatic heterocycles. The molecule has 0 unspecified atom stereocenters. The minimum Gasteiger partial charge on any atom is -0.486 e. The number of furan rings is 1. The number of amides is 3. The molecular weight excluding hydrogens is 398 g/mol. The van der Waals surface area contributed by atoms with Gasteiger partial charge in [0.15, 0.2) is 5.76 Å². The third-order valence-electron chi connectivity index (χ3n) is 4.81. The van der Waals surface area contributed by atoms with Gasteiger partial charge in [0.2, 0.25) is 5.91 Å². The fourth-order valence-electron chi connectivity index (χ4n) is 3.21. The van der Waals surface area contributed by atoms with Crippen LogP contribution in [0.1, 0.15) is 39.5 Å². The number of nitrogens with zero attached hydrogens (tertiary/aromatic N) is 1. The van der Waals surface area contributed by atoms with Crippen LogP contribution in [0.5, 0.6) is 5.75 Å². The van der Waals surface area contributed by atoms with E-state index < -0.39 is 11.8 Å². The molecule has 3 aromatic rings. The maximum atomic E-state index is 12.3. The Balaban J connectivity index is 1.28. The molecule has 2 N–H and O–H groups in total. The molecule has 8 heteroatoms. The highest BCUT2D eigenvalue weighted by atomic mass is 16.5. The zero-order valence-corrected chi connectivity index (χ0v) is 16.7. The third-order valence-corrected chi connectivity index (χ3v) is 4.81. The van der Waals surface area contributed by atoms with Crippen molar-refractivity contribution >= 4 is 23.4 Å². The van der Waals surface area contributed by atoms with Crippen molar-refractivity contribution < 1.29 is 23.5 Å². The standard InChI is InChI=1S/C23H21N3O5/c27-21-7-4-14-26(21)17-10-8-16(9-11-17)22(28)24-25-23(29)20-13-12-19(31-20)15-30-18-5-2-1-3-6-18/h1-3,5-6,8-13H,4,7,14-15H2,(H,24,28)(H,25,29). The van der Waals surface area contributed by atoms with E-state index in [1.807, 2.05) is 30.3 Å². The maximum Gasteiger partial charge on any atom is 0.305 e. The van der Waals surface area contributed by atoms with Crippen LogP contribution in [0.2, 0.25) is 0 Å². The monoisotopic (exact) mass is 419 g/mol. The zero-order chi connectivity index (χ0) is 21.6. The SMILES string of the molecule is O=C(NNC(=O)c1ccc(COc2ccccc2)o1)c1ccc(N2CCCC2=O)cc1. The van der Waals surface area contributed by atoms with Crippen molar-refractivity contribution in [3.05, 3.63) is 83.8 Å². The van der Waals surface area contributed by atoms with Gasteiger partial charge in [-0.25, -0.2) is 0 Å². The molecule has 1 fully saturated rings. The van der Waals surface area contributed by atoms with Crippen LogP contribution in [0.25, 0.3) is 0 Å². The van der Waals surface area contributed by atoms with Gasteiger partial charge in [0, 0.05) is 24.2 Å². The first-order chi connectivity index (χ1) is 15.1. The smallest absolute Gasteiger partial charge is 0.305 e. The van der Waals surface area contributed by atoms with Crippen molar-refractivity contribution in [3.63, 3.8) is 0 Å². The van der Waals surface area contributed by atoms with Crippen LogP contribution >= 0.6 is 0 Å². The topological polar surface area (TPSA) is 101 Å². The van der Waals surface area contributed by atoms with Gasteiger partial charge in [-0.15, -0.1) is 0 Å². The number of ether oxygens (including phenoxy) is 1. The van der Waals surface area contributed by atoms with E-state index in [0.717, 1.165) is 12.1 Å². The quantitative estimate of drug-likeness (QED) is 0.598. The van der Waals surface area contributed by atoms with E-state index in [9.17, 15) is 14.4 Å². The van der Waals surface area contributed by atoms with Gasteiger partial charge in [-0.3, -0.25) is 25.2 Å². The number of rotatable bonds is 6. The van der Waals surface area contributed by atoms with Gasteiger partial charge < -0.3 is 14.1 Å². The van der Waals surface area contributed by atoms with Crippen LogP contribution in [-0.2, 0) is 11.4 Å². The lowest BCUT2D eigenvalue weighted by molar-refractivity contribution is -0.117. The second-order valence-electron chi connectivity index (χ2n) is 6.97. The minimum atomic E-state index is -0.585. The summed E-state index contributed by atoms with van der Waals surface area (Å²) in [6.07, 6.45) is 1.38. The van der Waals surface area contributed by atoms with Gasteiger partial charge in [-0.2, -0.15) is 0 Å². The van der Waals surface area contributed by atoms with Crippen LogP contribution in [0, 0.1) is 0 Å². The summed E-state index contributed by atoms with van der Waals surface area (Å²) in [4.78, 5) is 38.0. The first kappa shape index (κ1) is 20.2. The molecule has 0 radical (unpaired) electrons. The largest absolute Gasteiger partial charge is 0.486 e. The molecular formula is C23H21N3O5. The highest BCUT2D eigenvalue weighted by Crippen LogP contribution is 2.21. The van der Waals surface area contributed by atoms with E-state index in [4.69, 9.17) is 9.15 Å². The lowest BCUT2D eigenvalue weighted by atomic mass is 10.2. The van der Waals surface area contributed by atoms with Gasteiger partial charge in [0.25, 0.3) is 5.91 Å². The second-order valence-corrected chi connectivity index (χ2v) is 6.97. The van der Waals surface area contributed by atoms with E-state index >= 15 is 0 Å². The zero-order valence-electron chi connectivity index (χ0n) is 16.7. The Hall–Kier alpha value is -4.07. The summed E-state index contributed by atoms with van der Waals surface area (Å²) in [5, 5.41) is 0. The molecule has 0 aliphatic carbocycles. The molecule has 0 bridgehead atoms. The predicted molar refractivity (Wildman–Crippen MR) is 112 cm³/mol. The molecule has 31 heavy (non-hydrogen) atoms. The van der Waals surface area contributed by atoms with Crippen LogP contribution in [0.15, 0.2) is 71.1 Å². The van der Waals surface area contributed by atoms with Gasteiger partial charge >= 0.3 is 5.91 Å². The Morgan fingerprint density at radius 1 is 0.935 bits per heavy atom. The maximum absolute atomic E-state index is 12.3. The molecule has 2 aromatic carbocycles. The van der Waals surface area contributed by atoms with Gasteiger partial charge in [0.05, 0.1) is 0 Å². The normalized spacial score (nSPS) is 13.2. The van der Waals surface area contributed by atoms with Crippen LogP contribution in [0.3, 0.4) is 0 Å². The van der Waals surface area contributed by atoms with Gasteiger partial charge in [-0.05, 0) is 55.0 Å². The van der Waals surface area contributed by atoms with E-state index in [1.54, 1.807) is 35.2 Å². The number of hydrogen-bond donors (Lipinski definition) is 2. The average molecular weight is 419 g/mol. The highest BCUT2D eigenvalue weighted by molar-refractivity contribution is 5.99. The number of hydrogen-bond acceptors (Lipinski definition) is 5. The summed E-state index contributed by atoms with van der Waals surface area (Å²) < 4.78 is 11.0. The molecule has 1 saturated heterocycles. The van der Waals surface area contributed by atoms with Crippen molar-refractivity contribution in [2.24, 2.45) is 0 Å². The molecule has 158 valence electrons. The molecule has 0 atom stereocenters. The molecule has 0 spiro atoms. The number of benzene rings is 2. The predicted octanol–water partition coefficient (Wildman–Crippen LogP) is 3.06. The fraction of sp³-hybridized carbons (Fsp3) is 0.174. The van der Waals surface area contributed by atoms with Gasteiger partial charge in [0.1, 0.15) is 18.1 Å². The molecule has 1 aliphatic rings. The molecule has 2 heterocycles. The minimum absolute atomic E-state index is 0.0508. The first-order valence-electron chi connectivity index (χ1n) is 9.88. The van der Waals surface area contributed by atoms with Crippen molar-refractivity contribution in [1.29, 1.82) is 0 Å². The van der Waals surface area contributed by atoms with Crippen molar-refractivity contribution in [2.75, 3.05) is 11.4 Å². The Labute approximate surface area is 178 Å². The van der Waals surface area contributed by atoms with E-state index in [1.165, 1.54) is 6.07 Å². The first-order valence-corrected chi connectivity index (χ1v) is 9.88. The van der Waals surface area contributed by atoms with Crippen molar-refractivity contribution in [2.45, 2.75) is 19.4 Å². The second kappa shape index (κ2) is 9.17. The van der Waals surface area contributed by atoms with E-state index in [0.29, 0.717) is 30.0 Å². The van der Waals surface area contributed by atoms with Gasteiger partial charge in [-0.1, -0.05) is 18.2 Å². The Kier molecular flexibility index (Phi) is 5.98. The Morgan fingerprint density at radius 3 is 2.39 bits per heavy atom. The lowest BCUT2D eigenvalue weighted by Crippen LogP contribution is -2.41. The summed E-state index contributed by atoms with van der Waals surface area (Å²) in [5.74, 6) is 0.237. The summed E-state index contributed by atoms with van der Waals surface area (Å²) in [7, 11) is 0. The van der Waals surface area contributed by atoms with Crippen molar-refractivity contribution in [1.82, 2.24) is 10.9 Å². The number of para-hydroxylation sites is 1. The lowest BCUT2D eigenvalue weighted by Gasteiger charge is -2.15. The van der Waals surface area contributed by atoms with Crippen LogP contribution in [0.4, 0.5) is 5.69 Å². The number of hydrazine groups is 1. The van der Waals surface area contributed by atoms with Crippen LogP contribution in [-0.4, -0.2) is 24.3 Å². The van der Waals surface area contributed by atoms with Crippen molar-refractivity contribution in [3.8, 4) is 5.75 Å². The number of carbonyl (C=O) groups is 3. The highest BCUT2D eigenvalue weighted by Gasteiger charge is 2.21. The summed E-state index contributed by atoms with van der Waals surface area (Å²) in [6.45, 7) is 0.859. The van der Waals surface area contributed by atoms with Crippen LogP contribution < -0.4 is 20.5 Å². The summed E-state index contributed by atoms with van der Waals surface area (Å²) in [6, 6.07) is 19.0. The number of anilines is 1. The molecule has 3 amide bonds. The molecule has 1 aliphatic heterocycles. The fourth-order valence-corrected chi connectivity index (χ4v) is 3.21. The number of carbonyl (C=O) groups excluding carboxylic acids is 3. The summed E-state index contributed by atoms with van der Waals surface area (Å²) in [5.41, 5.74) is 5.78. The average Bonchev–Trinajstić information content (AvgIpc) is 3.46. The Morgan fingerprint density at radius 2 is 1.68 bits per heavy atom. The third kappa shape index (κ3) is 4.92. The molecule has 0 saturated carbocycles.